The van der Waals surface area contributed by atoms with Crippen LogP contribution in [0, 0.1) is 0 Å². The van der Waals surface area contributed by atoms with E-state index in [2.05, 4.69) is 31.4 Å². The summed E-state index contributed by atoms with van der Waals surface area (Å²) < 4.78 is 99.0. The van der Waals surface area contributed by atoms with Crippen molar-refractivity contribution >= 4 is 25.6 Å². The number of esters is 1. The first-order chi connectivity index (χ1) is 60.9. The Bertz CT molecular complexity index is 3910. The second-order valence-corrected chi connectivity index (χ2v) is 35.2. The number of nitrogens with one attached hydrogen (secondary N) is 2. The Morgan fingerprint density at radius 2 is 0.790 bits per heavy atom. The largest absolute Gasteiger partial charge is 0.475 e. The van der Waals surface area contributed by atoms with Crippen molar-refractivity contribution in [3.8, 4) is 0 Å². The number of ether oxygens (including phenoxy) is 9. The molecule has 0 unspecified atom stereocenters. The first kappa shape index (κ1) is 100. The zero-order valence-electron chi connectivity index (χ0n) is 74.3. The third kappa shape index (κ3) is 37.5. The molecule has 2 aliphatic rings. The molecule has 7 aromatic carbocycles. The van der Waals surface area contributed by atoms with E-state index in [1.807, 2.05) is 212 Å². The van der Waals surface area contributed by atoms with Gasteiger partial charge in [-0.25, -0.2) is 4.57 Å². The van der Waals surface area contributed by atoms with Crippen LogP contribution in [0.15, 0.2) is 212 Å². The molecule has 12 atom stereocenters. The number of aliphatic hydroxyl groups excluding tert-OH is 2. The van der Waals surface area contributed by atoms with Gasteiger partial charge in [0, 0.05) is 19.4 Å². The molecule has 0 aromatic heterocycles. The molecule has 680 valence electrons. The fourth-order valence-electron chi connectivity index (χ4n) is 16.3. The van der Waals surface area contributed by atoms with Crippen LogP contribution in [0.3, 0.4) is 0 Å². The number of phosphoric ester groups is 1. The van der Waals surface area contributed by atoms with Gasteiger partial charge in [-0.3, -0.25) is 28.0 Å². The number of aliphatic hydroxyl groups is 2. The molecule has 4 N–H and O–H groups in total. The van der Waals surface area contributed by atoms with Gasteiger partial charge in [0.1, 0.15) is 54.3 Å². The molecule has 2 fully saturated rings. The number of rotatable bonds is 66. The fraction of sp³-hybridized carbons (Fsp3) is 0.563. The number of carbonyl (C=O) groups is 3. The summed E-state index contributed by atoms with van der Waals surface area (Å²) in [5, 5.41) is 31.2. The maximum absolute atomic E-state index is 16.2. The van der Waals surface area contributed by atoms with E-state index in [-0.39, 0.29) is 84.5 Å². The predicted molar refractivity (Wildman–Crippen MR) is 486 cm³/mol. The number of phosphoric acid groups is 1. The number of benzene rings is 7. The van der Waals surface area contributed by atoms with Crippen LogP contribution in [0.25, 0.3) is 0 Å². The van der Waals surface area contributed by atoms with Gasteiger partial charge in [-0.1, -0.05) is 394 Å². The second-order valence-electron chi connectivity index (χ2n) is 33.6. The molecular weight excluding hydrogens is 1580 g/mol. The molecule has 0 saturated carbocycles. The molecule has 2 aliphatic heterocycles. The average molecular weight is 1730 g/mol. The van der Waals surface area contributed by atoms with E-state index in [1.165, 1.54) is 89.9 Å². The summed E-state index contributed by atoms with van der Waals surface area (Å²) >= 11 is 0. The van der Waals surface area contributed by atoms with Gasteiger partial charge in [0.05, 0.1) is 78.4 Å². The summed E-state index contributed by atoms with van der Waals surface area (Å²) in [5.41, 5.74) is 3.58. The lowest BCUT2D eigenvalue weighted by Gasteiger charge is -2.53. The third-order valence-electron chi connectivity index (χ3n) is 23.4. The van der Waals surface area contributed by atoms with E-state index in [4.69, 9.17) is 56.2 Å². The summed E-state index contributed by atoms with van der Waals surface area (Å²) in [5.74, 6) is -1.38. The zero-order chi connectivity index (χ0) is 87.2. The van der Waals surface area contributed by atoms with Crippen LogP contribution in [-0.4, -0.2) is 121 Å². The first-order valence-corrected chi connectivity index (χ1v) is 48.2. The van der Waals surface area contributed by atoms with E-state index in [9.17, 15) is 15.0 Å². The zero-order valence-corrected chi connectivity index (χ0v) is 75.2. The van der Waals surface area contributed by atoms with Gasteiger partial charge in [-0.2, -0.15) is 0 Å². The number of carbonyl (C=O) groups excluding carboxylic acids is 3. The summed E-state index contributed by atoms with van der Waals surface area (Å²) in [4.78, 5) is 45.4. The van der Waals surface area contributed by atoms with Crippen LogP contribution in [0.1, 0.15) is 272 Å². The lowest BCUT2D eigenvalue weighted by Crippen LogP contribution is -2.74. The van der Waals surface area contributed by atoms with Crippen molar-refractivity contribution < 1.29 is 85.4 Å². The molecule has 7 aromatic rings. The normalized spacial score (nSPS) is 20.2. The van der Waals surface area contributed by atoms with E-state index >= 15 is 14.2 Å². The minimum atomic E-state index is -4.80. The topological polar surface area (TPSA) is 244 Å². The van der Waals surface area contributed by atoms with Gasteiger partial charge in [-0.15, -0.1) is 0 Å². The molecule has 0 radical (unpaired) electrons. The minimum absolute atomic E-state index is 0.0134. The van der Waals surface area contributed by atoms with Gasteiger partial charge < -0.3 is 63.5 Å². The van der Waals surface area contributed by atoms with Crippen LogP contribution in [0.4, 0.5) is 0 Å². The Labute approximate surface area is 740 Å². The molecule has 0 aliphatic carbocycles. The summed E-state index contributed by atoms with van der Waals surface area (Å²) in [6, 6.07) is 65.2. The Balaban J connectivity index is 1.11. The van der Waals surface area contributed by atoms with Gasteiger partial charge in [0.25, 0.3) is 0 Å². The molecule has 2 amide bonds. The standard InChI is InChI=1S/C103H145N2O18P/c1-4-7-10-13-16-19-22-25-49-66-89(113-74-83-54-37-29-38-55-83)71-94(108)105-103(69-70-106)100(116-77-86-60-43-32-44-61-86)98(114-75-84-56-39-30-40-57-84)92(122-102(103)110)81-117-101-96(104-93(107)72-90(67-50-26-23-20-17-14-11-8-5-2)120-95(109)68-51-27-24-21-18-15-12-9-6-3)99(115-76-85-58-41-31-42-59-85)97(91(121-101)80-112-73-82-52-35-28-36-53-82)123-124(111,118-78-87-62-45-33-46-63-87)119-79-88-64-47-34-48-65-88/h28-48,52-65,89-92,96-102,106,110H,4-27,49-51,66-81H2,1-3H3,(H,104,107)(H,105,108)/t89-,90-,91-,92-,96-,97-,98-,99-,100+,101-,102+,103-/m1/s1. The Morgan fingerprint density at radius 1 is 0.411 bits per heavy atom. The fourth-order valence-corrected chi connectivity index (χ4v) is 17.7. The Kier molecular flexibility index (Phi) is 48.3. The molecule has 9 rings (SSSR count). The summed E-state index contributed by atoms with van der Waals surface area (Å²) in [7, 11) is -4.80. The van der Waals surface area contributed by atoms with Crippen molar-refractivity contribution in [2.75, 3.05) is 19.8 Å². The van der Waals surface area contributed by atoms with Crippen molar-refractivity contribution in [3.05, 3.63) is 251 Å². The molecule has 2 saturated heterocycles. The Morgan fingerprint density at radius 3 is 1.24 bits per heavy atom. The predicted octanol–water partition coefficient (Wildman–Crippen LogP) is 22.1. The third-order valence-corrected chi connectivity index (χ3v) is 24.8. The number of amides is 2. The van der Waals surface area contributed by atoms with Crippen LogP contribution < -0.4 is 10.6 Å². The maximum atomic E-state index is 16.2. The van der Waals surface area contributed by atoms with E-state index in [0.717, 1.165) is 98.4 Å². The van der Waals surface area contributed by atoms with Crippen LogP contribution >= 0.6 is 7.82 Å². The van der Waals surface area contributed by atoms with Crippen LogP contribution in [0.5, 0.6) is 0 Å². The summed E-state index contributed by atoms with van der Waals surface area (Å²) in [6.45, 7) is 5.31. The molecule has 2 heterocycles. The van der Waals surface area contributed by atoms with Crippen molar-refractivity contribution in [2.24, 2.45) is 0 Å². The van der Waals surface area contributed by atoms with E-state index < -0.39 is 106 Å². The first-order valence-electron chi connectivity index (χ1n) is 46.8. The highest BCUT2D eigenvalue weighted by Gasteiger charge is 2.59. The second kappa shape index (κ2) is 59.7. The maximum Gasteiger partial charge on any atom is 0.475 e. The monoisotopic (exact) mass is 1730 g/mol. The quantitative estimate of drug-likeness (QED) is 0.0157. The van der Waals surface area contributed by atoms with Gasteiger partial charge >= 0.3 is 13.8 Å². The van der Waals surface area contributed by atoms with Gasteiger partial charge in [0.2, 0.25) is 11.8 Å². The van der Waals surface area contributed by atoms with E-state index in [1.54, 1.807) is 0 Å². The van der Waals surface area contributed by atoms with Gasteiger partial charge in [0.15, 0.2) is 12.6 Å². The lowest BCUT2D eigenvalue weighted by molar-refractivity contribution is -0.325. The molecule has 0 bridgehead atoms. The smallest absolute Gasteiger partial charge is 0.462 e. The molecular formula is C103H145N2O18P. The van der Waals surface area contributed by atoms with Crippen molar-refractivity contribution in [1.82, 2.24) is 10.6 Å². The van der Waals surface area contributed by atoms with Crippen LogP contribution in [0.2, 0.25) is 0 Å². The van der Waals surface area contributed by atoms with E-state index in [0.29, 0.717) is 36.8 Å². The molecule has 20 nitrogen and oxygen atoms in total. The molecule has 21 heteroatoms. The highest BCUT2D eigenvalue weighted by atomic mass is 31.2. The molecule has 124 heavy (non-hydrogen) atoms. The summed E-state index contributed by atoms with van der Waals surface area (Å²) in [6.07, 6.45) is 17.4. The van der Waals surface area contributed by atoms with Crippen molar-refractivity contribution in [3.63, 3.8) is 0 Å². The Hall–Kier alpha value is -7.34. The number of hydrogen-bond donors (Lipinski definition) is 4. The highest BCUT2D eigenvalue weighted by molar-refractivity contribution is 7.48. The van der Waals surface area contributed by atoms with Crippen LogP contribution in [-0.2, 0) is 121 Å². The van der Waals surface area contributed by atoms with Crippen molar-refractivity contribution in [1.29, 1.82) is 0 Å². The lowest BCUT2D eigenvalue weighted by atomic mass is 9.80. The minimum Gasteiger partial charge on any atom is -0.462 e. The number of hydrogen-bond acceptors (Lipinski definition) is 18. The highest BCUT2D eigenvalue weighted by Crippen LogP contribution is 2.54. The SMILES string of the molecule is CCCCCCCCCCCC(=O)O[C@H](CCCCCCCCCCC)CC(=O)N[C@H]1[C@H](OC[C@H]2O[C@H](O)[C@](CCO)(NC(=O)C[C@@H](CCCCCCCCCCC)OCc3ccccc3)[C@@H](OCc3ccccc3)[C@@H]2OCc2ccccc2)O[C@H](COCc2ccccc2)[C@@H](OP(=O)(OCc2ccccc2)OCc2ccccc2)[C@@H]1OCc1ccccc1. The number of unbranched alkanes of at least 4 members (excludes halogenated alkanes) is 24. The van der Waals surface area contributed by atoms with Crippen molar-refractivity contribution in [2.45, 2.75) is 352 Å². The molecule has 0 spiro atoms. The average Bonchev–Trinajstić information content (AvgIpc) is 0.748. The van der Waals surface area contributed by atoms with Gasteiger partial charge in [-0.05, 0) is 64.6 Å².